The van der Waals surface area contributed by atoms with E-state index in [0.29, 0.717) is 29.1 Å². The second kappa shape index (κ2) is 8.54. The Morgan fingerprint density at radius 3 is 2.26 bits per heavy atom. The van der Waals surface area contributed by atoms with Crippen molar-refractivity contribution >= 4 is 45.3 Å². The molecule has 3 rings (SSSR count). The Kier molecular flexibility index (Phi) is 6.13. The van der Waals surface area contributed by atoms with Crippen molar-refractivity contribution in [2.75, 3.05) is 6.54 Å². The van der Waals surface area contributed by atoms with Gasteiger partial charge in [-0.3, -0.25) is 25.2 Å². The van der Waals surface area contributed by atoms with E-state index < -0.39 is 17.9 Å². The summed E-state index contributed by atoms with van der Waals surface area (Å²) >= 11 is 9.13. The third-order valence-electron chi connectivity index (χ3n) is 4.31. The summed E-state index contributed by atoms with van der Waals surface area (Å²) in [6.45, 7) is 0.498. The van der Waals surface area contributed by atoms with E-state index in [9.17, 15) is 14.4 Å². The molecule has 6 nitrogen and oxygen atoms in total. The zero-order chi connectivity index (χ0) is 19.4. The molecule has 140 valence electrons. The molecular weight excluding hydrogens is 434 g/mol. The number of hydrazine groups is 1. The summed E-state index contributed by atoms with van der Waals surface area (Å²) in [6.07, 6.45) is 1.27. The molecular formula is C19H17BrClN3O3. The molecule has 2 aromatic carbocycles. The highest BCUT2D eigenvalue weighted by Gasteiger charge is 2.34. The minimum Gasteiger partial charge on any atom is -0.327 e. The van der Waals surface area contributed by atoms with Crippen LogP contribution in [0, 0.1) is 0 Å². The average Bonchev–Trinajstić information content (AvgIpc) is 3.16. The standard InChI is InChI=1S/C19H17BrClN3O3/c20-14-7-3-13(4-8-14)19(27)24-11-1-2-16(24)18(26)23-22-17(25)12-5-9-15(21)10-6-12/h3-10,16H,1-2,11H2,(H,22,25)(H,23,26). The molecule has 2 aromatic rings. The summed E-state index contributed by atoms with van der Waals surface area (Å²) in [7, 11) is 0. The van der Waals surface area contributed by atoms with Crippen LogP contribution in [0.5, 0.6) is 0 Å². The molecule has 0 aliphatic carbocycles. The Hall–Kier alpha value is -2.38. The van der Waals surface area contributed by atoms with Gasteiger partial charge in [0.1, 0.15) is 6.04 Å². The van der Waals surface area contributed by atoms with Crippen LogP contribution >= 0.6 is 27.5 Å². The third kappa shape index (κ3) is 4.67. The van der Waals surface area contributed by atoms with Gasteiger partial charge < -0.3 is 4.90 Å². The molecule has 1 aliphatic heterocycles. The summed E-state index contributed by atoms with van der Waals surface area (Å²) in [5.74, 6) is -1.08. The molecule has 2 N–H and O–H groups in total. The van der Waals surface area contributed by atoms with Gasteiger partial charge in [-0.15, -0.1) is 0 Å². The normalized spacial score (nSPS) is 16.1. The minimum atomic E-state index is -0.619. The number of carbonyl (C=O) groups excluding carboxylic acids is 3. The number of hydrogen-bond acceptors (Lipinski definition) is 3. The van der Waals surface area contributed by atoms with E-state index in [2.05, 4.69) is 26.8 Å². The van der Waals surface area contributed by atoms with Crippen LogP contribution in [0.15, 0.2) is 53.0 Å². The molecule has 1 unspecified atom stereocenters. The summed E-state index contributed by atoms with van der Waals surface area (Å²) in [5, 5.41) is 0.517. The first kappa shape index (κ1) is 19.4. The summed E-state index contributed by atoms with van der Waals surface area (Å²) in [4.78, 5) is 38.8. The van der Waals surface area contributed by atoms with Crippen molar-refractivity contribution in [2.45, 2.75) is 18.9 Å². The Bertz CT molecular complexity index is 856. The predicted octanol–water partition coefficient (Wildman–Crippen LogP) is 3.17. The molecule has 3 amide bonds. The Morgan fingerprint density at radius 1 is 0.963 bits per heavy atom. The number of benzene rings is 2. The monoisotopic (exact) mass is 449 g/mol. The number of amides is 3. The van der Waals surface area contributed by atoms with Gasteiger partial charge >= 0.3 is 0 Å². The quantitative estimate of drug-likeness (QED) is 0.705. The van der Waals surface area contributed by atoms with Gasteiger partial charge in [0.15, 0.2) is 0 Å². The van der Waals surface area contributed by atoms with E-state index in [4.69, 9.17) is 11.6 Å². The van der Waals surface area contributed by atoms with Crippen LogP contribution < -0.4 is 10.9 Å². The van der Waals surface area contributed by atoms with E-state index in [-0.39, 0.29) is 5.91 Å². The summed E-state index contributed by atoms with van der Waals surface area (Å²) in [5.41, 5.74) is 5.67. The Labute approximate surface area is 170 Å². The van der Waals surface area contributed by atoms with Crippen molar-refractivity contribution in [1.29, 1.82) is 0 Å². The molecule has 0 radical (unpaired) electrons. The van der Waals surface area contributed by atoms with Crippen molar-refractivity contribution < 1.29 is 14.4 Å². The molecule has 1 heterocycles. The van der Waals surface area contributed by atoms with Crippen LogP contribution in [-0.4, -0.2) is 35.2 Å². The number of rotatable bonds is 3. The maximum atomic E-state index is 12.7. The highest BCUT2D eigenvalue weighted by atomic mass is 79.9. The first-order chi connectivity index (χ1) is 13.0. The van der Waals surface area contributed by atoms with Crippen molar-refractivity contribution in [3.05, 3.63) is 69.2 Å². The molecule has 0 aromatic heterocycles. The number of carbonyl (C=O) groups is 3. The molecule has 0 saturated carbocycles. The van der Waals surface area contributed by atoms with Crippen LogP contribution in [-0.2, 0) is 4.79 Å². The largest absolute Gasteiger partial charge is 0.327 e. The maximum Gasteiger partial charge on any atom is 0.269 e. The molecule has 1 aliphatic rings. The van der Waals surface area contributed by atoms with Crippen LogP contribution in [0.1, 0.15) is 33.6 Å². The van der Waals surface area contributed by atoms with E-state index >= 15 is 0 Å². The van der Waals surface area contributed by atoms with Gasteiger partial charge in [-0.05, 0) is 61.4 Å². The van der Waals surface area contributed by atoms with E-state index in [1.165, 1.54) is 4.90 Å². The molecule has 1 atom stereocenters. The number of nitrogens with one attached hydrogen (secondary N) is 2. The Morgan fingerprint density at radius 2 is 1.59 bits per heavy atom. The summed E-state index contributed by atoms with van der Waals surface area (Å²) < 4.78 is 0.875. The topological polar surface area (TPSA) is 78.5 Å². The van der Waals surface area contributed by atoms with Crippen molar-refractivity contribution in [1.82, 2.24) is 15.8 Å². The maximum absolute atomic E-state index is 12.7. The van der Waals surface area contributed by atoms with Gasteiger partial charge in [-0.25, -0.2) is 0 Å². The molecule has 0 bridgehead atoms. The van der Waals surface area contributed by atoms with Gasteiger partial charge in [0, 0.05) is 27.2 Å². The summed E-state index contributed by atoms with van der Waals surface area (Å²) in [6, 6.07) is 12.7. The second-order valence-corrected chi connectivity index (χ2v) is 7.47. The molecule has 27 heavy (non-hydrogen) atoms. The third-order valence-corrected chi connectivity index (χ3v) is 5.09. The highest BCUT2D eigenvalue weighted by molar-refractivity contribution is 9.10. The van der Waals surface area contributed by atoms with Gasteiger partial charge in [0.05, 0.1) is 0 Å². The fraction of sp³-hybridized carbons (Fsp3) is 0.211. The van der Waals surface area contributed by atoms with Gasteiger partial charge in [-0.1, -0.05) is 27.5 Å². The second-order valence-electron chi connectivity index (χ2n) is 6.11. The molecule has 1 fully saturated rings. The van der Waals surface area contributed by atoms with E-state index in [1.54, 1.807) is 48.5 Å². The smallest absolute Gasteiger partial charge is 0.269 e. The van der Waals surface area contributed by atoms with Crippen molar-refractivity contribution in [3.63, 3.8) is 0 Å². The predicted molar refractivity (Wildman–Crippen MR) is 105 cm³/mol. The van der Waals surface area contributed by atoms with Crippen LogP contribution in [0.25, 0.3) is 0 Å². The lowest BCUT2D eigenvalue weighted by molar-refractivity contribution is -0.125. The first-order valence-corrected chi connectivity index (χ1v) is 9.55. The zero-order valence-corrected chi connectivity index (χ0v) is 16.6. The lowest BCUT2D eigenvalue weighted by Crippen LogP contribution is -2.51. The van der Waals surface area contributed by atoms with E-state index in [0.717, 1.165) is 10.9 Å². The Balaban J connectivity index is 1.61. The number of hydrogen-bond donors (Lipinski definition) is 2. The van der Waals surface area contributed by atoms with Crippen LogP contribution in [0.3, 0.4) is 0 Å². The lowest BCUT2D eigenvalue weighted by atomic mass is 10.1. The van der Waals surface area contributed by atoms with Gasteiger partial charge in [-0.2, -0.15) is 0 Å². The molecule has 8 heteroatoms. The van der Waals surface area contributed by atoms with Crippen molar-refractivity contribution in [3.8, 4) is 0 Å². The number of likely N-dealkylation sites (tertiary alicyclic amines) is 1. The van der Waals surface area contributed by atoms with Gasteiger partial charge in [0.25, 0.3) is 17.7 Å². The van der Waals surface area contributed by atoms with Crippen molar-refractivity contribution in [2.24, 2.45) is 0 Å². The van der Waals surface area contributed by atoms with E-state index in [1.807, 2.05) is 0 Å². The van der Waals surface area contributed by atoms with Crippen LogP contribution in [0.2, 0.25) is 5.02 Å². The zero-order valence-electron chi connectivity index (χ0n) is 14.2. The SMILES string of the molecule is O=C(NNC(=O)C1CCCN1C(=O)c1ccc(Br)cc1)c1ccc(Cl)cc1. The lowest BCUT2D eigenvalue weighted by Gasteiger charge is -2.24. The number of nitrogens with zero attached hydrogens (tertiary/aromatic N) is 1. The van der Waals surface area contributed by atoms with Crippen LogP contribution in [0.4, 0.5) is 0 Å². The molecule has 1 saturated heterocycles. The minimum absolute atomic E-state index is 0.204. The van der Waals surface area contributed by atoms with Gasteiger partial charge in [0.2, 0.25) is 0 Å². The average molecular weight is 451 g/mol. The fourth-order valence-corrected chi connectivity index (χ4v) is 3.31. The highest BCUT2D eigenvalue weighted by Crippen LogP contribution is 2.21. The fourth-order valence-electron chi connectivity index (χ4n) is 2.92. The first-order valence-electron chi connectivity index (χ1n) is 8.38. The molecule has 0 spiro atoms. The number of halogens is 2.